The molecule has 1 aliphatic heterocycles. The lowest BCUT2D eigenvalue weighted by molar-refractivity contribution is -0.130. The highest BCUT2D eigenvalue weighted by Crippen LogP contribution is 2.26. The van der Waals surface area contributed by atoms with Crippen molar-refractivity contribution in [1.82, 2.24) is 5.32 Å². The summed E-state index contributed by atoms with van der Waals surface area (Å²) in [6, 6.07) is 0. The van der Waals surface area contributed by atoms with Crippen LogP contribution in [-0.2, 0) is 14.3 Å². The monoisotopic (exact) mass is 286 g/mol. The minimum atomic E-state index is -2.12. The van der Waals surface area contributed by atoms with Crippen LogP contribution in [0.4, 0.5) is 0 Å². The molecule has 4 nitrogen and oxygen atoms in total. The van der Waals surface area contributed by atoms with Crippen LogP contribution >= 0.6 is 0 Å². The average Bonchev–Trinajstić information content (AvgIpc) is 3.13. The van der Waals surface area contributed by atoms with E-state index in [0.717, 1.165) is 6.42 Å². The maximum atomic E-state index is 12.4. The Morgan fingerprint density at radius 1 is 1.30 bits per heavy atom. The molecule has 116 valence electrons. The Morgan fingerprint density at radius 3 is 2.45 bits per heavy atom. The number of carbonyl (C=O) groups is 2. The molecule has 0 aromatic heterocycles. The first-order valence-electron chi connectivity index (χ1n) is 8.98. The number of ether oxygens (including phenoxy) is 1. The van der Waals surface area contributed by atoms with E-state index in [1.165, 1.54) is 0 Å². The minimum absolute atomic E-state index is 0.0446. The van der Waals surface area contributed by atoms with E-state index >= 15 is 0 Å². The van der Waals surface area contributed by atoms with Crippen LogP contribution in [0.1, 0.15) is 57.9 Å². The maximum Gasteiger partial charge on any atom is 0.223 e. The summed E-state index contributed by atoms with van der Waals surface area (Å²) in [5.41, 5.74) is 0. The zero-order chi connectivity index (χ0) is 17.8. The van der Waals surface area contributed by atoms with Crippen LogP contribution in [0, 0.1) is 17.8 Å². The van der Waals surface area contributed by atoms with Gasteiger partial charge in [0.1, 0.15) is 6.10 Å². The molecule has 0 saturated carbocycles. The highest BCUT2D eigenvalue weighted by molar-refractivity contribution is 5.90. The molecule has 20 heavy (non-hydrogen) atoms. The van der Waals surface area contributed by atoms with E-state index in [1.54, 1.807) is 6.92 Å². The van der Waals surface area contributed by atoms with Crippen molar-refractivity contribution < 1.29 is 18.4 Å². The Labute approximate surface area is 126 Å². The highest BCUT2D eigenvalue weighted by Gasteiger charge is 2.41. The van der Waals surface area contributed by atoms with Crippen molar-refractivity contribution in [2.24, 2.45) is 17.8 Å². The lowest BCUT2D eigenvalue weighted by Crippen LogP contribution is -2.34. The summed E-state index contributed by atoms with van der Waals surface area (Å²) in [7, 11) is 0. The van der Waals surface area contributed by atoms with Gasteiger partial charge in [0.25, 0.3) is 0 Å². The van der Waals surface area contributed by atoms with Crippen molar-refractivity contribution in [2.75, 3.05) is 6.54 Å². The fourth-order valence-electron chi connectivity index (χ4n) is 2.22. The van der Waals surface area contributed by atoms with Gasteiger partial charge in [0.05, 0.1) is 6.10 Å². The predicted octanol–water partition coefficient (Wildman–Crippen LogP) is 2.56. The molecule has 1 aliphatic rings. The van der Waals surface area contributed by atoms with Crippen LogP contribution in [0.25, 0.3) is 0 Å². The summed E-state index contributed by atoms with van der Waals surface area (Å²) in [6.45, 7) is 5.96. The van der Waals surface area contributed by atoms with Crippen molar-refractivity contribution in [2.45, 2.75) is 66.0 Å². The molecule has 1 amide bonds. The van der Waals surface area contributed by atoms with Crippen molar-refractivity contribution in [3.63, 3.8) is 0 Å². The zero-order valence-electron chi connectivity index (χ0n) is 15.9. The number of Topliss-reactive ketones (excluding diaryl/α,β-unsaturated/α-hetero) is 1. The smallest absolute Gasteiger partial charge is 0.223 e. The van der Waals surface area contributed by atoms with E-state index in [1.807, 2.05) is 6.92 Å². The molecular weight excluding hydrogens is 254 g/mol. The SMILES string of the molecule is [2H]C([2H])([2H])C(C)C[C@H](CC(=O)[C@H]1O[C@@H]1C)C(=O)NCCC(C)C. The van der Waals surface area contributed by atoms with Crippen LogP contribution in [0.3, 0.4) is 0 Å². The number of epoxide rings is 1. The van der Waals surface area contributed by atoms with Crippen LogP contribution in [0.15, 0.2) is 0 Å². The molecule has 0 aromatic rings. The normalized spacial score (nSPS) is 27.1. The molecular formula is C16H29NO3. The largest absolute Gasteiger partial charge is 0.362 e. The number of carbonyl (C=O) groups excluding carboxylic acids is 2. The Balaban J connectivity index is 2.63. The van der Waals surface area contributed by atoms with E-state index in [2.05, 4.69) is 19.2 Å². The van der Waals surface area contributed by atoms with Crippen LogP contribution in [0.2, 0.25) is 0 Å². The Morgan fingerprint density at radius 2 is 1.95 bits per heavy atom. The van der Waals surface area contributed by atoms with Crippen molar-refractivity contribution in [1.29, 1.82) is 0 Å². The van der Waals surface area contributed by atoms with E-state index in [0.29, 0.717) is 12.5 Å². The van der Waals surface area contributed by atoms with E-state index in [9.17, 15) is 9.59 Å². The third-order valence-electron chi connectivity index (χ3n) is 3.51. The van der Waals surface area contributed by atoms with Gasteiger partial charge < -0.3 is 10.1 Å². The van der Waals surface area contributed by atoms with E-state index in [-0.39, 0.29) is 30.6 Å². The van der Waals surface area contributed by atoms with E-state index < -0.39 is 24.8 Å². The molecule has 1 heterocycles. The van der Waals surface area contributed by atoms with Gasteiger partial charge in [-0.1, -0.05) is 27.6 Å². The fourth-order valence-corrected chi connectivity index (χ4v) is 2.22. The maximum absolute atomic E-state index is 12.4. The number of hydrogen-bond acceptors (Lipinski definition) is 3. The topological polar surface area (TPSA) is 58.7 Å². The van der Waals surface area contributed by atoms with Crippen molar-refractivity contribution in [3.05, 3.63) is 0 Å². The lowest BCUT2D eigenvalue weighted by atomic mass is 9.90. The van der Waals surface area contributed by atoms with Gasteiger partial charge in [-0.15, -0.1) is 0 Å². The number of rotatable bonds is 9. The fraction of sp³-hybridized carbons (Fsp3) is 0.875. The molecule has 4 heteroatoms. The van der Waals surface area contributed by atoms with Gasteiger partial charge in [0, 0.05) is 23.0 Å². The Hall–Kier alpha value is -0.900. The Kier molecular flexibility index (Phi) is 4.98. The average molecular weight is 286 g/mol. The molecule has 1 saturated heterocycles. The zero-order valence-corrected chi connectivity index (χ0v) is 12.9. The van der Waals surface area contributed by atoms with Crippen molar-refractivity contribution in [3.8, 4) is 0 Å². The molecule has 0 aromatic carbocycles. The summed E-state index contributed by atoms with van der Waals surface area (Å²) in [4.78, 5) is 24.5. The molecule has 0 radical (unpaired) electrons. The molecule has 0 spiro atoms. The van der Waals surface area contributed by atoms with Gasteiger partial charge in [-0.05, 0) is 31.6 Å². The van der Waals surface area contributed by atoms with E-state index in [4.69, 9.17) is 8.85 Å². The summed E-state index contributed by atoms with van der Waals surface area (Å²) < 4.78 is 27.6. The molecule has 0 aliphatic carbocycles. The molecule has 1 unspecified atom stereocenters. The summed E-state index contributed by atoms with van der Waals surface area (Å²) >= 11 is 0. The van der Waals surface area contributed by atoms with Gasteiger partial charge >= 0.3 is 0 Å². The van der Waals surface area contributed by atoms with Crippen LogP contribution in [-0.4, -0.2) is 30.4 Å². The molecule has 4 atom stereocenters. The molecule has 1 fully saturated rings. The summed E-state index contributed by atoms with van der Waals surface area (Å²) in [5.74, 6) is -1.12. The second-order valence-corrected chi connectivity index (χ2v) is 6.24. The first-order valence-corrected chi connectivity index (χ1v) is 7.48. The third-order valence-corrected chi connectivity index (χ3v) is 3.51. The van der Waals surface area contributed by atoms with Gasteiger partial charge in [0.2, 0.25) is 5.91 Å². The Bertz CT molecular complexity index is 423. The lowest BCUT2D eigenvalue weighted by Gasteiger charge is -2.18. The van der Waals surface area contributed by atoms with Gasteiger partial charge in [-0.3, -0.25) is 9.59 Å². The van der Waals surface area contributed by atoms with Crippen LogP contribution in [0.5, 0.6) is 0 Å². The second-order valence-electron chi connectivity index (χ2n) is 6.24. The number of amides is 1. The summed E-state index contributed by atoms with van der Waals surface area (Å²) in [5, 5.41) is 2.83. The third kappa shape index (κ3) is 6.04. The number of hydrogen-bond donors (Lipinski definition) is 1. The van der Waals surface area contributed by atoms with Gasteiger partial charge in [0.15, 0.2) is 5.78 Å². The van der Waals surface area contributed by atoms with Crippen molar-refractivity contribution >= 4 is 11.7 Å². The number of nitrogens with one attached hydrogen (secondary N) is 1. The standard InChI is InChI=1S/C16H29NO3/c1-10(2)6-7-17-16(19)13(8-11(3)4)9-14(18)15-12(5)20-15/h10-13,15H,6-9H2,1-5H3,(H,17,19)/t12-,13-,15+/m1/s1/i3D3/t11?,12-,13-,15+. The molecule has 1 N–H and O–H groups in total. The number of ketones is 1. The predicted molar refractivity (Wildman–Crippen MR) is 79.4 cm³/mol. The second kappa shape index (κ2) is 7.77. The first-order chi connectivity index (χ1) is 10.5. The van der Waals surface area contributed by atoms with Gasteiger partial charge in [-0.25, -0.2) is 0 Å². The molecule has 1 rings (SSSR count). The quantitative estimate of drug-likeness (QED) is 0.663. The molecule has 0 bridgehead atoms. The summed E-state index contributed by atoms with van der Waals surface area (Å²) in [6.07, 6.45) is 0.556. The van der Waals surface area contributed by atoms with Crippen LogP contribution < -0.4 is 5.32 Å². The highest BCUT2D eigenvalue weighted by atomic mass is 16.6. The first kappa shape index (κ1) is 12.8. The minimum Gasteiger partial charge on any atom is -0.362 e. The van der Waals surface area contributed by atoms with Gasteiger partial charge in [-0.2, -0.15) is 0 Å².